The number of phosphoric ester groups is 2. The van der Waals surface area contributed by atoms with Crippen LogP contribution in [0.1, 0.15) is 362 Å². The number of ether oxygens (including phenoxy) is 4. The first-order chi connectivity index (χ1) is 43.0. The molecule has 0 aromatic carbocycles. The van der Waals surface area contributed by atoms with E-state index in [0.29, 0.717) is 25.7 Å². The van der Waals surface area contributed by atoms with E-state index in [0.717, 1.165) is 95.8 Å². The molecule has 0 radical (unpaired) electrons. The van der Waals surface area contributed by atoms with Crippen molar-refractivity contribution in [3.8, 4) is 0 Å². The Balaban J connectivity index is 5.20. The van der Waals surface area contributed by atoms with Crippen LogP contribution in [-0.4, -0.2) is 96.7 Å². The van der Waals surface area contributed by atoms with Crippen LogP contribution in [0.25, 0.3) is 0 Å². The molecule has 0 bridgehead atoms. The summed E-state index contributed by atoms with van der Waals surface area (Å²) in [4.78, 5) is 72.5. The number of hydrogen-bond acceptors (Lipinski definition) is 15. The second-order valence-corrected chi connectivity index (χ2v) is 28.7. The van der Waals surface area contributed by atoms with Gasteiger partial charge in [0.25, 0.3) is 0 Å². The Hall–Kier alpha value is -1.94. The number of esters is 4. The van der Waals surface area contributed by atoms with E-state index in [2.05, 4.69) is 34.6 Å². The van der Waals surface area contributed by atoms with E-state index in [4.69, 9.17) is 37.0 Å². The standard InChI is InChI=1S/C70H136O17P2/c1-6-9-12-15-18-21-29-35-39-44-49-54-68(73)81-60-66(87-70(75)56-51-46-41-36-31-28-26-24-25-27-30-32-37-42-47-52-63(4)5)62-85-89(78,79)83-58-64(71)57-82-88(76,77)84-61-65(86-69(74)55-50-45-40-34-23-20-17-14-11-8-3)59-80-67(72)53-48-43-38-33-22-19-16-13-10-7-2/h63-66,71H,6-62H2,1-5H3,(H,76,77)(H,78,79)/t64-,65+,66+/m0/s1. The molecule has 0 aliphatic rings. The Labute approximate surface area is 543 Å². The van der Waals surface area contributed by atoms with Crippen molar-refractivity contribution in [2.24, 2.45) is 5.92 Å². The molecular formula is C70H136O17P2. The number of rotatable bonds is 70. The van der Waals surface area contributed by atoms with Gasteiger partial charge in [0.1, 0.15) is 19.3 Å². The molecular weight excluding hydrogens is 1170 g/mol. The quantitative estimate of drug-likeness (QED) is 0.0222. The lowest BCUT2D eigenvalue weighted by Gasteiger charge is -2.21. The van der Waals surface area contributed by atoms with E-state index in [1.54, 1.807) is 0 Å². The molecule has 0 aromatic rings. The van der Waals surface area contributed by atoms with Crippen LogP contribution in [0.15, 0.2) is 0 Å². The van der Waals surface area contributed by atoms with Gasteiger partial charge in [-0.25, -0.2) is 9.13 Å². The molecule has 0 amide bonds. The summed E-state index contributed by atoms with van der Waals surface area (Å²) in [5.41, 5.74) is 0. The second-order valence-electron chi connectivity index (χ2n) is 25.7. The van der Waals surface area contributed by atoms with Gasteiger partial charge in [-0.1, -0.05) is 311 Å². The third-order valence-electron chi connectivity index (χ3n) is 16.3. The first-order valence-corrected chi connectivity index (χ1v) is 39.6. The average Bonchev–Trinajstić information content (AvgIpc) is 3.55. The molecule has 0 aliphatic carbocycles. The van der Waals surface area contributed by atoms with Gasteiger partial charge in [-0.05, 0) is 31.6 Å². The highest BCUT2D eigenvalue weighted by atomic mass is 31.2. The summed E-state index contributed by atoms with van der Waals surface area (Å²) in [6.07, 6.45) is 49.8. The van der Waals surface area contributed by atoms with Gasteiger partial charge in [0.15, 0.2) is 12.2 Å². The lowest BCUT2D eigenvalue weighted by molar-refractivity contribution is -0.161. The Kier molecular flexibility index (Phi) is 62.1. The Bertz CT molecular complexity index is 1720. The molecule has 0 aromatic heterocycles. The van der Waals surface area contributed by atoms with Gasteiger partial charge < -0.3 is 33.8 Å². The van der Waals surface area contributed by atoms with Crippen molar-refractivity contribution in [3.63, 3.8) is 0 Å². The third-order valence-corrected chi connectivity index (χ3v) is 18.2. The van der Waals surface area contributed by atoms with Gasteiger partial charge >= 0.3 is 39.5 Å². The molecule has 2 unspecified atom stereocenters. The van der Waals surface area contributed by atoms with Crippen LogP contribution in [0.4, 0.5) is 0 Å². The van der Waals surface area contributed by atoms with Gasteiger partial charge in [-0.3, -0.25) is 37.3 Å². The van der Waals surface area contributed by atoms with Gasteiger partial charge in [0.2, 0.25) is 0 Å². The molecule has 0 aliphatic heterocycles. The summed E-state index contributed by atoms with van der Waals surface area (Å²) in [6, 6.07) is 0. The van der Waals surface area contributed by atoms with E-state index in [9.17, 15) is 43.2 Å². The van der Waals surface area contributed by atoms with Crippen molar-refractivity contribution in [2.45, 2.75) is 380 Å². The van der Waals surface area contributed by atoms with Crippen LogP contribution in [-0.2, 0) is 65.4 Å². The third kappa shape index (κ3) is 64.6. The van der Waals surface area contributed by atoms with Crippen LogP contribution < -0.4 is 0 Å². The van der Waals surface area contributed by atoms with Gasteiger partial charge in [0, 0.05) is 25.7 Å². The Morgan fingerprint density at radius 1 is 0.303 bits per heavy atom. The Morgan fingerprint density at radius 2 is 0.517 bits per heavy atom. The number of carbonyl (C=O) groups is 4. The highest BCUT2D eigenvalue weighted by molar-refractivity contribution is 7.47. The van der Waals surface area contributed by atoms with Gasteiger partial charge in [0.05, 0.1) is 26.4 Å². The second kappa shape index (κ2) is 63.5. The maximum Gasteiger partial charge on any atom is 0.472 e. The highest BCUT2D eigenvalue weighted by Gasteiger charge is 2.30. The zero-order valence-electron chi connectivity index (χ0n) is 57.6. The van der Waals surface area contributed by atoms with Crippen LogP contribution in [0.5, 0.6) is 0 Å². The average molecular weight is 1310 g/mol. The molecule has 0 rings (SSSR count). The fourth-order valence-electron chi connectivity index (χ4n) is 10.6. The SMILES string of the molecule is CCCCCCCCCCCCCC(=O)OC[C@H](COP(=O)(O)OC[C@@H](O)COP(=O)(O)OC[C@@H](COC(=O)CCCCCCCCCCCC)OC(=O)CCCCCCCCCCCC)OC(=O)CCCCCCCCCCCCCCCCCC(C)C. The first-order valence-electron chi connectivity index (χ1n) is 36.6. The van der Waals surface area contributed by atoms with Crippen LogP contribution in [0, 0.1) is 5.92 Å². The highest BCUT2D eigenvalue weighted by Crippen LogP contribution is 2.45. The predicted molar refractivity (Wildman–Crippen MR) is 358 cm³/mol. The molecule has 0 saturated carbocycles. The minimum absolute atomic E-state index is 0.107. The first kappa shape index (κ1) is 87.1. The van der Waals surface area contributed by atoms with E-state index in [1.165, 1.54) is 186 Å². The molecule has 0 fully saturated rings. The summed E-state index contributed by atoms with van der Waals surface area (Å²) in [6.45, 7) is 7.25. The lowest BCUT2D eigenvalue weighted by atomic mass is 10.0. The summed E-state index contributed by atoms with van der Waals surface area (Å²) in [5, 5.41) is 10.6. The maximum atomic E-state index is 13.0. The number of hydrogen-bond donors (Lipinski definition) is 3. The van der Waals surface area contributed by atoms with Gasteiger partial charge in [-0.15, -0.1) is 0 Å². The minimum atomic E-state index is -4.95. The lowest BCUT2D eigenvalue weighted by Crippen LogP contribution is -2.30. The normalized spacial score (nSPS) is 14.1. The smallest absolute Gasteiger partial charge is 0.462 e. The molecule has 19 heteroatoms. The molecule has 5 atom stereocenters. The molecule has 3 N–H and O–H groups in total. The predicted octanol–water partition coefficient (Wildman–Crippen LogP) is 20.1. The van der Waals surface area contributed by atoms with Crippen molar-refractivity contribution in [1.29, 1.82) is 0 Å². The van der Waals surface area contributed by atoms with Crippen molar-refractivity contribution in [3.05, 3.63) is 0 Å². The van der Waals surface area contributed by atoms with Gasteiger partial charge in [-0.2, -0.15) is 0 Å². The molecule has 528 valence electrons. The van der Waals surface area contributed by atoms with E-state index in [1.807, 2.05) is 0 Å². The number of phosphoric acid groups is 2. The number of unbranched alkanes of at least 4 members (excludes halogenated alkanes) is 42. The zero-order chi connectivity index (χ0) is 65.6. The number of aliphatic hydroxyl groups excluding tert-OH is 1. The topological polar surface area (TPSA) is 237 Å². The molecule has 89 heavy (non-hydrogen) atoms. The minimum Gasteiger partial charge on any atom is -0.462 e. The van der Waals surface area contributed by atoms with E-state index < -0.39 is 97.5 Å². The van der Waals surface area contributed by atoms with Crippen LogP contribution in [0.3, 0.4) is 0 Å². The fourth-order valence-corrected chi connectivity index (χ4v) is 12.2. The molecule has 17 nitrogen and oxygen atoms in total. The molecule has 0 heterocycles. The van der Waals surface area contributed by atoms with Crippen molar-refractivity contribution < 1.29 is 80.2 Å². The fraction of sp³-hybridized carbons (Fsp3) is 0.943. The molecule has 0 spiro atoms. The van der Waals surface area contributed by atoms with Crippen molar-refractivity contribution in [2.75, 3.05) is 39.6 Å². The largest absolute Gasteiger partial charge is 0.472 e. The number of aliphatic hydroxyl groups is 1. The van der Waals surface area contributed by atoms with E-state index >= 15 is 0 Å². The monoisotopic (exact) mass is 1310 g/mol. The van der Waals surface area contributed by atoms with Crippen LogP contribution in [0.2, 0.25) is 0 Å². The zero-order valence-corrected chi connectivity index (χ0v) is 59.4. The summed E-state index contributed by atoms with van der Waals surface area (Å²) in [7, 11) is -9.89. The summed E-state index contributed by atoms with van der Waals surface area (Å²) >= 11 is 0. The van der Waals surface area contributed by atoms with Crippen molar-refractivity contribution >= 4 is 39.5 Å². The summed E-state index contributed by atoms with van der Waals surface area (Å²) in [5.74, 6) is -1.32. The summed E-state index contributed by atoms with van der Waals surface area (Å²) < 4.78 is 68.2. The maximum absolute atomic E-state index is 13.0. The van der Waals surface area contributed by atoms with Crippen molar-refractivity contribution in [1.82, 2.24) is 0 Å². The number of carbonyl (C=O) groups excluding carboxylic acids is 4. The Morgan fingerprint density at radius 3 is 0.764 bits per heavy atom. The van der Waals surface area contributed by atoms with E-state index in [-0.39, 0.29) is 25.7 Å². The molecule has 0 saturated heterocycles. The van der Waals surface area contributed by atoms with Crippen LogP contribution >= 0.6 is 15.6 Å².